The molecule has 0 unspecified atom stereocenters. The average molecular weight is 240 g/mol. The Balaban J connectivity index is 1.91. The van der Waals surface area contributed by atoms with Crippen molar-refractivity contribution in [1.82, 2.24) is 4.98 Å². The predicted molar refractivity (Wildman–Crippen MR) is 64.1 cm³/mol. The van der Waals surface area contributed by atoms with E-state index in [0.717, 1.165) is 11.7 Å². The minimum Gasteiger partial charge on any atom is -0.477 e. The van der Waals surface area contributed by atoms with Gasteiger partial charge in [0.15, 0.2) is 5.13 Å². The predicted octanol–water partition coefficient (Wildman–Crippen LogP) is 2.83. The number of aromatic carboxylic acids is 1. The highest BCUT2D eigenvalue weighted by Gasteiger charge is 2.34. The fourth-order valence-corrected chi connectivity index (χ4v) is 2.70. The molecule has 2 rings (SSSR count). The first-order valence-corrected chi connectivity index (χ1v) is 6.40. The Labute approximate surface area is 98.7 Å². The van der Waals surface area contributed by atoms with Gasteiger partial charge in [0.2, 0.25) is 0 Å². The van der Waals surface area contributed by atoms with Crippen LogP contribution in [-0.4, -0.2) is 22.6 Å². The third-order valence-electron chi connectivity index (χ3n) is 3.50. The SMILES string of the molecule is CCC1(CNc2ncc(C(=O)O)s2)CCC1. The van der Waals surface area contributed by atoms with Gasteiger partial charge >= 0.3 is 5.97 Å². The Morgan fingerprint density at radius 3 is 2.88 bits per heavy atom. The van der Waals surface area contributed by atoms with Crippen LogP contribution < -0.4 is 5.32 Å². The second kappa shape index (κ2) is 4.41. The van der Waals surface area contributed by atoms with Crippen molar-refractivity contribution in [3.63, 3.8) is 0 Å². The number of carboxylic acid groups (broad SMARTS) is 1. The summed E-state index contributed by atoms with van der Waals surface area (Å²) in [7, 11) is 0. The fourth-order valence-electron chi connectivity index (χ4n) is 2.05. The first-order chi connectivity index (χ1) is 7.65. The minimum atomic E-state index is -0.903. The van der Waals surface area contributed by atoms with Gasteiger partial charge in [-0.3, -0.25) is 0 Å². The zero-order chi connectivity index (χ0) is 11.6. The Morgan fingerprint density at radius 1 is 1.69 bits per heavy atom. The maximum absolute atomic E-state index is 10.7. The van der Waals surface area contributed by atoms with E-state index < -0.39 is 5.97 Å². The van der Waals surface area contributed by atoms with Gasteiger partial charge in [0.1, 0.15) is 4.88 Å². The number of aromatic nitrogens is 1. The standard InChI is InChI=1S/C11H16N2O2S/c1-2-11(4-3-5-11)7-13-10-12-6-8(16-10)9(14)15/h6H,2-5,7H2,1H3,(H,12,13)(H,14,15). The molecule has 0 amide bonds. The van der Waals surface area contributed by atoms with Crippen LogP contribution >= 0.6 is 11.3 Å². The molecule has 0 aromatic carbocycles. The third kappa shape index (κ3) is 2.19. The van der Waals surface area contributed by atoms with Gasteiger partial charge in [0.05, 0.1) is 6.20 Å². The smallest absolute Gasteiger partial charge is 0.347 e. The molecule has 1 aromatic heterocycles. The molecule has 1 saturated carbocycles. The van der Waals surface area contributed by atoms with E-state index in [4.69, 9.17) is 5.11 Å². The van der Waals surface area contributed by atoms with E-state index in [2.05, 4.69) is 17.2 Å². The molecule has 0 spiro atoms. The van der Waals surface area contributed by atoms with Crippen LogP contribution in [0.2, 0.25) is 0 Å². The largest absolute Gasteiger partial charge is 0.477 e. The number of anilines is 1. The Kier molecular flexibility index (Phi) is 3.14. The minimum absolute atomic E-state index is 0.293. The normalized spacial score (nSPS) is 17.8. The van der Waals surface area contributed by atoms with E-state index in [-0.39, 0.29) is 0 Å². The molecule has 1 heterocycles. The van der Waals surface area contributed by atoms with Gasteiger partial charge in [-0.05, 0) is 24.7 Å². The molecular formula is C11H16N2O2S. The number of rotatable bonds is 5. The lowest BCUT2D eigenvalue weighted by Crippen LogP contribution is -2.35. The van der Waals surface area contributed by atoms with Gasteiger partial charge in [-0.15, -0.1) is 0 Å². The van der Waals surface area contributed by atoms with E-state index >= 15 is 0 Å². The van der Waals surface area contributed by atoms with Gasteiger partial charge in [-0.25, -0.2) is 9.78 Å². The Hall–Kier alpha value is -1.10. The number of thiazole rings is 1. The molecule has 5 heteroatoms. The highest BCUT2D eigenvalue weighted by Crippen LogP contribution is 2.43. The second-order valence-corrected chi connectivity index (χ2v) is 5.43. The number of carbonyl (C=O) groups is 1. The molecule has 0 bridgehead atoms. The van der Waals surface area contributed by atoms with Crippen LogP contribution in [0.5, 0.6) is 0 Å². The van der Waals surface area contributed by atoms with Crippen LogP contribution in [0.1, 0.15) is 42.3 Å². The van der Waals surface area contributed by atoms with Crippen LogP contribution in [0.4, 0.5) is 5.13 Å². The molecule has 0 saturated heterocycles. The van der Waals surface area contributed by atoms with Crippen molar-refractivity contribution in [3.8, 4) is 0 Å². The number of hydrogen-bond donors (Lipinski definition) is 2. The fraction of sp³-hybridized carbons (Fsp3) is 0.636. The molecular weight excluding hydrogens is 224 g/mol. The molecule has 16 heavy (non-hydrogen) atoms. The maximum atomic E-state index is 10.7. The van der Waals surface area contributed by atoms with E-state index in [0.29, 0.717) is 10.3 Å². The van der Waals surface area contributed by atoms with Crippen LogP contribution in [-0.2, 0) is 0 Å². The third-order valence-corrected chi connectivity index (χ3v) is 4.44. The Bertz CT molecular complexity index is 380. The summed E-state index contributed by atoms with van der Waals surface area (Å²) >= 11 is 1.20. The van der Waals surface area contributed by atoms with Crippen molar-refractivity contribution >= 4 is 22.4 Å². The summed E-state index contributed by atoms with van der Waals surface area (Å²) in [6, 6.07) is 0. The molecule has 4 nitrogen and oxygen atoms in total. The summed E-state index contributed by atoms with van der Waals surface area (Å²) in [6.07, 6.45) is 6.45. The zero-order valence-electron chi connectivity index (χ0n) is 9.32. The first-order valence-electron chi connectivity index (χ1n) is 5.58. The molecule has 0 atom stereocenters. The molecule has 2 N–H and O–H groups in total. The average Bonchev–Trinajstić information content (AvgIpc) is 2.65. The van der Waals surface area contributed by atoms with Gasteiger partial charge < -0.3 is 10.4 Å². The zero-order valence-corrected chi connectivity index (χ0v) is 10.1. The van der Waals surface area contributed by atoms with Gasteiger partial charge in [0.25, 0.3) is 0 Å². The number of nitrogens with one attached hydrogen (secondary N) is 1. The molecule has 1 fully saturated rings. The van der Waals surface area contributed by atoms with Crippen molar-refractivity contribution < 1.29 is 9.90 Å². The highest BCUT2D eigenvalue weighted by atomic mass is 32.1. The molecule has 1 aliphatic carbocycles. The van der Waals surface area contributed by atoms with Crippen LogP contribution in [0.25, 0.3) is 0 Å². The van der Waals surface area contributed by atoms with E-state index in [1.54, 1.807) is 0 Å². The summed E-state index contributed by atoms with van der Waals surface area (Å²) in [4.78, 5) is 15.0. The summed E-state index contributed by atoms with van der Waals surface area (Å²) < 4.78 is 0. The summed E-state index contributed by atoms with van der Waals surface area (Å²) in [5.41, 5.74) is 0.426. The van der Waals surface area contributed by atoms with Crippen LogP contribution in [0.3, 0.4) is 0 Å². The van der Waals surface area contributed by atoms with Crippen LogP contribution in [0.15, 0.2) is 6.20 Å². The topological polar surface area (TPSA) is 62.2 Å². The maximum Gasteiger partial charge on any atom is 0.347 e. The van der Waals surface area contributed by atoms with Crippen molar-refractivity contribution in [2.24, 2.45) is 5.41 Å². The van der Waals surface area contributed by atoms with Crippen molar-refractivity contribution in [1.29, 1.82) is 0 Å². The quantitative estimate of drug-likeness (QED) is 0.830. The van der Waals surface area contributed by atoms with Gasteiger partial charge in [0, 0.05) is 6.54 Å². The lowest BCUT2D eigenvalue weighted by Gasteiger charge is -2.41. The molecule has 1 aromatic rings. The summed E-state index contributed by atoms with van der Waals surface area (Å²) in [5, 5.41) is 12.7. The van der Waals surface area contributed by atoms with E-state index in [1.165, 1.54) is 43.2 Å². The molecule has 0 radical (unpaired) electrons. The van der Waals surface area contributed by atoms with Crippen molar-refractivity contribution in [3.05, 3.63) is 11.1 Å². The highest BCUT2D eigenvalue weighted by molar-refractivity contribution is 7.17. The molecule has 0 aliphatic heterocycles. The van der Waals surface area contributed by atoms with E-state index in [9.17, 15) is 4.79 Å². The van der Waals surface area contributed by atoms with Crippen LogP contribution in [0, 0.1) is 5.41 Å². The molecule has 88 valence electrons. The number of hydrogen-bond acceptors (Lipinski definition) is 4. The first kappa shape index (κ1) is 11.4. The Morgan fingerprint density at radius 2 is 2.44 bits per heavy atom. The lowest BCUT2D eigenvalue weighted by molar-refractivity contribution is 0.0702. The van der Waals surface area contributed by atoms with Crippen molar-refractivity contribution in [2.45, 2.75) is 32.6 Å². The van der Waals surface area contributed by atoms with Gasteiger partial charge in [-0.1, -0.05) is 24.7 Å². The summed E-state index contributed by atoms with van der Waals surface area (Å²) in [5.74, 6) is -0.903. The van der Waals surface area contributed by atoms with Crippen molar-refractivity contribution in [2.75, 3.05) is 11.9 Å². The lowest BCUT2D eigenvalue weighted by atomic mass is 9.67. The second-order valence-electron chi connectivity index (χ2n) is 4.40. The van der Waals surface area contributed by atoms with E-state index in [1.807, 2.05) is 0 Å². The number of nitrogens with zero attached hydrogens (tertiary/aromatic N) is 1. The number of carboxylic acids is 1. The monoisotopic (exact) mass is 240 g/mol. The molecule has 1 aliphatic rings. The van der Waals surface area contributed by atoms with Gasteiger partial charge in [-0.2, -0.15) is 0 Å². The summed E-state index contributed by atoms with van der Waals surface area (Å²) in [6.45, 7) is 3.13.